The molecule has 2 N–H and O–H groups in total. The highest BCUT2D eigenvalue weighted by Crippen LogP contribution is 2.14. The number of ether oxygens (including phenoxy) is 1. The monoisotopic (exact) mass is 326 g/mol. The Balaban J connectivity index is 0. The fourth-order valence-corrected chi connectivity index (χ4v) is 1.62. The Labute approximate surface area is 133 Å². The van der Waals surface area contributed by atoms with Crippen LogP contribution in [0, 0.1) is 0 Å². The van der Waals surface area contributed by atoms with Crippen molar-refractivity contribution in [3.8, 4) is 0 Å². The zero-order valence-corrected chi connectivity index (χ0v) is 14.8. The molecule has 0 rings (SSSR count). The number of halogens is 2. The number of aliphatic hydroxyl groups is 1. The summed E-state index contributed by atoms with van der Waals surface area (Å²) in [6.07, 6.45) is -5.30. The second-order valence-corrected chi connectivity index (χ2v) is 5.77. The highest BCUT2D eigenvalue weighted by molar-refractivity contribution is 5.68. The molecular weight excluding hydrogens is 294 g/mol. The van der Waals surface area contributed by atoms with Crippen LogP contribution in [-0.4, -0.2) is 60.4 Å². The van der Waals surface area contributed by atoms with E-state index in [0.717, 1.165) is 0 Å². The lowest BCUT2D eigenvalue weighted by Crippen LogP contribution is -2.47. The highest BCUT2D eigenvalue weighted by atomic mass is 19.3. The molecule has 0 aromatic carbocycles. The number of rotatable bonds is 7. The van der Waals surface area contributed by atoms with Gasteiger partial charge in [-0.15, -0.1) is 0 Å². The van der Waals surface area contributed by atoms with Crippen LogP contribution in [0.25, 0.3) is 0 Å². The predicted octanol–water partition coefficient (Wildman–Crippen LogP) is 2.87. The molecule has 0 aromatic heterocycles. The molecule has 0 aliphatic carbocycles. The van der Waals surface area contributed by atoms with E-state index in [1.807, 2.05) is 13.8 Å². The van der Waals surface area contributed by atoms with Crippen LogP contribution in [-0.2, 0) is 4.74 Å². The molecule has 0 aliphatic rings. The molecule has 0 saturated carbocycles. The van der Waals surface area contributed by atoms with Crippen molar-refractivity contribution in [3.63, 3.8) is 0 Å². The number of nitrogens with one attached hydrogen (secondary N) is 1. The summed E-state index contributed by atoms with van der Waals surface area (Å²) >= 11 is 0. The van der Waals surface area contributed by atoms with E-state index in [1.165, 1.54) is 4.90 Å². The molecule has 0 aliphatic heterocycles. The van der Waals surface area contributed by atoms with Crippen molar-refractivity contribution in [1.29, 1.82) is 0 Å². The first-order valence-electron chi connectivity index (χ1n) is 7.69. The van der Waals surface area contributed by atoms with Gasteiger partial charge < -0.3 is 20.1 Å². The average Bonchev–Trinajstić information content (AvgIpc) is 2.39. The molecule has 0 fully saturated rings. The van der Waals surface area contributed by atoms with Crippen LogP contribution in [0.1, 0.15) is 48.0 Å². The molecule has 22 heavy (non-hydrogen) atoms. The number of carbonyl (C=O) groups is 1. The zero-order valence-electron chi connectivity index (χ0n) is 14.8. The first-order chi connectivity index (χ1) is 10.1. The van der Waals surface area contributed by atoms with E-state index >= 15 is 0 Å². The van der Waals surface area contributed by atoms with Crippen LogP contribution in [0.5, 0.6) is 0 Å². The highest BCUT2D eigenvalue weighted by Gasteiger charge is 2.27. The van der Waals surface area contributed by atoms with Gasteiger partial charge >= 0.3 is 6.09 Å². The maximum Gasteiger partial charge on any atom is 0.410 e. The van der Waals surface area contributed by atoms with Gasteiger partial charge in [0.2, 0.25) is 0 Å². The van der Waals surface area contributed by atoms with E-state index in [0.29, 0.717) is 6.54 Å². The van der Waals surface area contributed by atoms with Gasteiger partial charge in [-0.2, -0.15) is 0 Å². The molecule has 0 aromatic rings. The van der Waals surface area contributed by atoms with E-state index in [4.69, 9.17) is 9.84 Å². The Bertz CT molecular complexity index is 297. The summed E-state index contributed by atoms with van der Waals surface area (Å²) in [6.45, 7) is 11.5. The molecular formula is C15H32F2N2O3. The topological polar surface area (TPSA) is 61.8 Å². The van der Waals surface area contributed by atoms with Crippen LogP contribution in [0.4, 0.5) is 13.6 Å². The molecule has 2 atom stereocenters. The second-order valence-electron chi connectivity index (χ2n) is 5.77. The molecule has 5 nitrogen and oxygen atoms in total. The van der Waals surface area contributed by atoms with Crippen LogP contribution in [0.3, 0.4) is 0 Å². The predicted molar refractivity (Wildman–Crippen MR) is 84.3 cm³/mol. The summed E-state index contributed by atoms with van der Waals surface area (Å²) in [7, 11) is 1.73. The van der Waals surface area contributed by atoms with Crippen LogP contribution in [0.15, 0.2) is 0 Å². The van der Waals surface area contributed by atoms with E-state index in [-0.39, 0.29) is 19.0 Å². The average molecular weight is 326 g/mol. The van der Waals surface area contributed by atoms with Crippen molar-refractivity contribution in [2.75, 3.05) is 20.1 Å². The Kier molecular flexibility index (Phi) is 12.3. The van der Waals surface area contributed by atoms with E-state index in [2.05, 4.69) is 5.32 Å². The summed E-state index contributed by atoms with van der Waals surface area (Å²) < 4.78 is 29.9. The minimum Gasteiger partial charge on any atom is -0.444 e. The van der Waals surface area contributed by atoms with Gasteiger partial charge in [0.15, 0.2) is 0 Å². The number of likely N-dealkylation sites (N-methyl/N-ethyl adjacent to an activating group) is 1. The Hall–Kier alpha value is -0.950. The van der Waals surface area contributed by atoms with Gasteiger partial charge in [0.25, 0.3) is 6.43 Å². The summed E-state index contributed by atoms with van der Waals surface area (Å²) in [4.78, 5) is 13.4. The Morgan fingerprint density at radius 3 is 2.18 bits per heavy atom. The summed E-state index contributed by atoms with van der Waals surface area (Å²) in [5.41, 5.74) is -0.657. The fourth-order valence-electron chi connectivity index (χ4n) is 1.62. The third-order valence-electron chi connectivity index (χ3n) is 2.62. The lowest BCUT2D eigenvalue weighted by Gasteiger charge is -2.32. The van der Waals surface area contributed by atoms with Crippen molar-refractivity contribution in [3.05, 3.63) is 0 Å². The van der Waals surface area contributed by atoms with Crippen molar-refractivity contribution in [2.24, 2.45) is 0 Å². The minimum absolute atomic E-state index is 0.0171. The third kappa shape index (κ3) is 10.7. The molecule has 0 heterocycles. The van der Waals surface area contributed by atoms with E-state index in [1.54, 1.807) is 34.7 Å². The summed E-state index contributed by atoms with van der Waals surface area (Å²) in [5, 5.41) is 12.1. The third-order valence-corrected chi connectivity index (χ3v) is 2.62. The number of alkyl halides is 2. The SMILES string of the molecule is CC.CNCC(C)N(CCC(O)C(F)F)C(=O)OC(C)(C)C. The van der Waals surface area contributed by atoms with Crippen molar-refractivity contribution in [2.45, 2.75) is 72.1 Å². The van der Waals surface area contributed by atoms with Gasteiger partial charge in [-0.25, -0.2) is 13.6 Å². The Morgan fingerprint density at radius 1 is 1.32 bits per heavy atom. The first-order valence-corrected chi connectivity index (χ1v) is 7.69. The van der Waals surface area contributed by atoms with Gasteiger partial charge in [-0.1, -0.05) is 13.8 Å². The molecule has 0 bridgehead atoms. The molecule has 134 valence electrons. The minimum atomic E-state index is -2.81. The van der Waals surface area contributed by atoms with Crippen LogP contribution in [0.2, 0.25) is 0 Å². The van der Waals surface area contributed by atoms with Crippen LogP contribution < -0.4 is 5.32 Å². The number of hydrogen-bond donors (Lipinski definition) is 2. The summed E-state index contributed by atoms with van der Waals surface area (Å²) in [5.74, 6) is 0. The van der Waals surface area contributed by atoms with E-state index in [9.17, 15) is 13.6 Å². The van der Waals surface area contributed by atoms with Crippen molar-refractivity contribution in [1.82, 2.24) is 10.2 Å². The largest absolute Gasteiger partial charge is 0.444 e. The lowest BCUT2D eigenvalue weighted by molar-refractivity contribution is -0.0204. The van der Waals surface area contributed by atoms with Crippen LogP contribution >= 0.6 is 0 Å². The standard InChI is InChI=1S/C13H26F2N2O3.C2H6/c1-9(8-16-5)17(7-6-10(18)11(14)15)12(19)20-13(2,3)4;1-2/h9-11,16,18H,6-8H2,1-5H3;1-2H3. The molecule has 7 heteroatoms. The van der Waals surface area contributed by atoms with Gasteiger partial charge in [0.1, 0.15) is 11.7 Å². The maximum absolute atomic E-state index is 12.3. The van der Waals surface area contributed by atoms with Crippen molar-refractivity contribution < 1.29 is 23.4 Å². The van der Waals surface area contributed by atoms with Gasteiger partial charge in [-0.3, -0.25) is 0 Å². The van der Waals surface area contributed by atoms with E-state index < -0.39 is 24.2 Å². The summed E-state index contributed by atoms with van der Waals surface area (Å²) in [6, 6.07) is -0.222. The Morgan fingerprint density at radius 2 is 1.82 bits per heavy atom. The molecule has 0 saturated heterocycles. The number of amides is 1. The molecule has 2 unspecified atom stereocenters. The number of hydrogen-bond acceptors (Lipinski definition) is 4. The smallest absolute Gasteiger partial charge is 0.410 e. The number of aliphatic hydroxyl groups excluding tert-OH is 1. The lowest BCUT2D eigenvalue weighted by atomic mass is 10.2. The van der Waals surface area contributed by atoms with Gasteiger partial charge in [-0.05, 0) is 41.2 Å². The maximum atomic E-state index is 12.3. The zero-order chi connectivity index (χ0) is 17.9. The molecule has 0 spiro atoms. The molecule has 1 amide bonds. The number of nitrogens with zero attached hydrogens (tertiary/aromatic N) is 1. The first kappa shape index (κ1) is 23.3. The van der Waals surface area contributed by atoms with Gasteiger partial charge in [0.05, 0.1) is 0 Å². The van der Waals surface area contributed by atoms with Crippen molar-refractivity contribution >= 4 is 6.09 Å². The normalized spacial score (nSPS) is 14.0. The fraction of sp³-hybridized carbons (Fsp3) is 0.933. The van der Waals surface area contributed by atoms with Gasteiger partial charge in [0, 0.05) is 19.1 Å². The molecule has 0 radical (unpaired) electrons. The number of carbonyl (C=O) groups excluding carboxylic acids is 1. The quantitative estimate of drug-likeness (QED) is 0.755. The second kappa shape index (κ2) is 11.6.